The zero-order valence-electron chi connectivity index (χ0n) is 13.2. The third kappa shape index (κ3) is 9.03. The number of rotatable bonds is 3. The number of benzene rings is 2. The van der Waals surface area contributed by atoms with Crippen molar-refractivity contribution < 1.29 is 34.7 Å². The molecule has 0 unspecified atom stereocenters. The first-order valence-corrected chi connectivity index (χ1v) is 9.26. The summed E-state index contributed by atoms with van der Waals surface area (Å²) in [5.74, 6) is 0.819. The summed E-state index contributed by atoms with van der Waals surface area (Å²) in [7, 11) is -10.7. The van der Waals surface area contributed by atoms with Gasteiger partial charge in [0, 0.05) is 16.9 Å². The molecule has 140 valence electrons. The second kappa shape index (κ2) is 6.61. The molecule has 0 aliphatic heterocycles. The summed E-state index contributed by atoms with van der Waals surface area (Å²) in [4.78, 5) is 5.69. The van der Waals surface area contributed by atoms with Gasteiger partial charge in [0.15, 0.2) is 0 Å². The van der Waals surface area contributed by atoms with Crippen molar-refractivity contribution in [1.82, 2.24) is 0 Å². The van der Waals surface area contributed by atoms with E-state index in [0.29, 0.717) is 0 Å². The first-order chi connectivity index (χ1) is 11.9. The van der Waals surface area contributed by atoms with Crippen molar-refractivity contribution in [3.63, 3.8) is 0 Å². The normalized spacial score (nSPS) is 13.6. The maximum Gasteiger partial charge on any atom is 0.223 e. The number of hydrogen-bond donors (Lipinski definition) is 0. The van der Waals surface area contributed by atoms with Crippen LogP contribution < -0.4 is 9.57 Å². The van der Waals surface area contributed by atoms with E-state index in [1.54, 1.807) is 4.73 Å². The van der Waals surface area contributed by atoms with E-state index in [2.05, 4.69) is 12.1 Å². The topological polar surface area (TPSA) is 13.1 Å². The predicted molar refractivity (Wildman–Crippen MR) is 88.1 cm³/mol. The van der Waals surface area contributed by atoms with Crippen molar-refractivity contribution in [2.75, 3.05) is 0 Å². The Morgan fingerprint density at radius 2 is 0.962 bits per heavy atom. The number of hydrogen-bond acceptors (Lipinski definition) is 1. The van der Waals surface area contributed by atoms with E-state index in [9.17, 15) is 25.2 Å². The van der Waals surface area contributed by atoms with E-state index in [1.807, 2.05) is 73.1 Å². The van der Waals surface area contributed by atoms with Crippen LogP contribution in [-0.4, -0.2) is 0 Å². The van der Waals surface area contributed by atoms with Gasteiger partial charge < -0.3 is 0 Å². The minimum Gasteiger partial charge on any atom is -0.232 e. The molecule has 0 N–H and O–H groups in total. The van der Waals surface area contributed by atoms with Crippen molar-refractivity contribution in [3.8, 4) is 16.9 Å². The SMILES string of the molecule is F[P-](F)(F)(F)(F)F.c1ccc(O[n+]2ccc(-c3ccccc3)cc2)cc1. The minimum absolute atomic E-state index is 0.819. The average molecular weight is 393 g/mol. The molecule has 3 aromatic rings. The molecule has 0 amide bonds. The van der Waals surface area contributed by atoms with Crippen LogP contribution in [0.15, 0.2) is 85.2 Å². The van der Waals surface area contributed by atoms with E-state index in [-0.39, 0.29) is 0 Å². The number of halogens is 6. The third-order valence-electron chi connectivity index (χ3n) is 2.86. The Bertz CT molecular complexity index is 826. The smallest absolute Gasteiger partial charge is 0.223 e. The molecule has 0 radical (unpaired) electrons. The molecule has 0 aliphatic rings. The first kappa shape index (κ1) is 19.7. The van der Waals surface area contributed by atoms with Crippen LogP contribution in [0.1, 0.15) is 0 Å². The largest absolute Gasteiger partial charge is 0.232 e. The van der Waals surface area contributed by atoms with Gasteiger partial charge in [0.2, 0.25) is 18.1 Å². The van der Waals surface area contributed by atoms with E-state index in [0.717, 1.165) is 5.75 Å². The molecule has 26 heavy (non-hydrogen) atoms. The molecule has 2 aromatic carbocycles. The third-order valence-corrected chi connectivity index (χ3v) is 2.86. The molecule has 9 heteroatoms. The fourth-order valence-electron chi connectivity index (χ4n) is 1.90. The Labute approximate surface area is 145 Å². The molecule has 0 spiro atoms. The summed E-state index contributed by atoms with van der Waals surface area (Å²) in [5.41, 5.74) is 2.38. The zero-order chi connectivity index (χ0) is 19.3. The Hall–Kier alpha value is -2.60. The zero-order valence-corrected chi connectivity index (χ0v) is 14.0. The molecule has 0 atom stereocenters. The van der Waals surface area contributed by atoms with Crippen molar-refractivity contribution in [2.45, 2.75) is 0 Å². The van der Waals surface area contributed by atoms with E-state index < -0.39 is 7.81 Å². The fourth-order valence-corrected chi connectivity index (χ4v) is 1.90. The Kier molecular flexibility index (Phi) is 5.01. The molecule has 3 rings (SSSR count). The van der Waals surface area contributed by atoms with Gasteiger partial charge in [-0.15, -0.1) is 0 Å². The van der Waals surface area contributed by atoms with Crippen LogP contribution in [-0.2, 0) is 0 Å². The van der Waals surface area contributed by atoms with Crippen LogP contribution in [0.2, 0.25) is 0 Å². The van der Waals surface area contributed by atoms with Gasteiger partial charge in [-0.05, 0) is 23.3 Å². The average Bonchev–Trinajstić information content (AvgIpc) is 2.54. The number of pyridine rings is 1. The molecule has 0 saturated carbocycles. The minimum atomic E-state index is -10.7. The number of nitrogens with zero attached hydrogens (tertiary/aromatic N) is 1. The van der Waals surface area contributed by atoms with Gasteiger partial charge in [0.1, 0.15) is 0 Å². The Morgan fingerprint density at radius 3 is 1.42 bits per heavy atom. The van der Waals surface area contributed by atoms with Crippen molar-refractivity contribution in [3.05, 3.63) is 85.2 Å². The monoisotopic (exact) mass is 393 g/mol. The van der Waals surface area contributed by atoms with E-state index >= 15 is 0 Å². The predicted octanol–water partition coefficient (Wildman–Crippen LogP) is 6.87. The molecular formula is C17H14F6NOP. The van der Waals surface area contributed by atoms with Crippen LogP contribution in [0.5, 0.6) is 5.75 Å². The van der Waals surface area contributed by atoms with Crippen LogP contribution >= 0.6 is 7.81 Å². The molecule has 0 bridgehead atoms. The summed E-state index contributed by atoms with van der Waals surface area (Å²) >= 11 is 0. The van der Waals surface area contributed by atoms with Crippen molar-refractivity contribution >= 4 is 7.81 Å². The molecule has 1 heterocycles. The van der Waals surface area contributed by atoms with Gasteiger partial charge >= 0.3 is 33.0 Å². The molecule has 0 fully saturated rings. The van der Waals surface area contributed by atoms with Crippen LogP contribution in [0.25, 0.3) is 11.1 Å². The summed E-state index contributed by atoms with van der Waals surface area (Å²) in [6.45, 7) is 0. The van der Waals surface area contributed by atoms with E-state index in [4.69, 9.17) is 4.84 Å². The summed E-state index contributed by atoms with van der Waals surface area (Å²) in [5, 5.41) is 0. The maximum atomic E-state index is 9.87. The number of para-hydroxylation sites is 1. The van der Waals surface area contributed by atoms with Gasteiger partial charge in [0.05, 0.1) is 0 Å². The van der Waals surface area contributed by atoms with Gasteiger partial charge in [-0.25, -0.2) is 4.84 Å². The quantitative estimate of drug-likeness (QED) is 0.269. The first-order valence-electron chi connectivity index (χ1n) is 7.23. The van der Waals surface area contributed by atoms with Crippen LogP contribution in [0.3, 0.4) is 0 Å². The molecule has 1 aromatic heterocycles. The van der Waals surface area contributed by atoms with Crippen molar-refractivity contribution in [2.24, 2.45) is 0 Å². The number of aromatic nitrogens is 1. The Balaban J connectivity index is 0.000000298. The summed E-state index contributed by atoms with van der Waals surface area (Å²) in [6.07, 6.45) is 3.82. The van der Waals surface area contributed by atoms with E-state index in [1.165, 1.54) is 11.1 Å². The summed E-state index contributed by atoms with van der Waals surface area (Å²) in [6, 6.07) is 24.1. The van der Waals surface area contributed by atoms with Crippen LogP contribution in [0, 0.1) is 0 Å². The van der Waals surface area contributed by atoms with Gasteiger partial charge in [-0.1, -0.05) is 48.5 Å². The molecular weight excluding hydrogens is 379 g/mol. The maximum absolute atomic E-state index is 10.7. The van der Waals surface area contributed by atoms with Crippen LogP contribution in [0.4, 0.5) is 25.2 Å². The molecule has 0 aliphatic carbocycles. The second-order valence-corrected chi connectivity index (χ2v) is 7.09. The van der Waals surface area contributed by atoms with Crippen molar-refractivity contribution in [1.29, 1.82) is 0 Å². The van der Waals surface area contributed by atoms with Gasteiger partial charge in [-0.3, -0.25) is 0 Å². The summed E-state index contributed by atoms with van der Waals surface area (Å²) < 4.78 is 60.9. The van der Waals surface area contributed by atoms with Gasteiger partial charge in [-0.2, -0.15) is 0 Å². The Morgan fingerprint density at radius 1 is 0.577 bits per heavy atom. The molecule has 2 nitrogen and oxygen atoms in total. The second-order valence-electron chi connectivity index (χ2n) is 5.18. The molecule has 0 saturated heterocycles. The standard InChI is InChI=1S/C17H14NO.F6P/c1-3-7-15(8-4-1)16-11-13-18(14-12-16)19-17-9-5-2-6-10-17;1-7(2,3,4,5)6/h1-14H;/q+1;-1. The fraction of sp³-hybridized carbons (Fsp3) is 0. The van der Waals surface area contributed by atoms with Gasteiger partial charge in [0.25, 0.3) is 0 Å².